The summed E-state index contributed by atoms with van der Waals surface area (Å²) in [5.41, 5.74) is -0.304. The molecule has 0 heterocycles. The summed E-state index contributed by atoms with van der Waals surface area (Å²) in [5, 5.41) is 0. The van der Waals surface area contributed by atoms with Gasteiger partial charge in [0.25, 0.3) is 0 Å². The van der Waals surface area contributed by atoms with Crippen molar-refractivity contribution in [2.45, 2.75) is 38.7 Å². The summed E-state index contributed by atoms with van der Waals surface area (Å²) in [6, 6.07) is 17.4. The van der Waals surface area contributed by atoms with Crippen LogP contribution in [0.5, 0.6) is 5.75 Å². The van der Waals surface area contributed by atoms with Crippen molar-refractivity contribution in [1.29, 1.82) is 0 Å². The van der Waals surface area contributed by atoms with E-state index in [1.165, 1.54) is 18.2 Å². The Morgan fingerprint density at radius 1 is 0.511 bits per heavy atom. The molecule has 0 spiro atoms. The number of halogens is 8. The molecule has 0 bridgehead atoms. The number of rotatable bonds is 10. The molecular weight excluding hydrogens is 600 g/mol. The molecule has 232 valence electrons. The number of hydrogen-bond acceptors (Lipinski definition) is 1. The molecule has 0 aliphatic rings. The largest absolute Gasteiger partial charge is 0.432 e. The molecule has 0 N–H and O–H groups in total. The van der Waals surface area contributed by atoms with Crippen molar-refractivity contribution < 1.29 is 39.9 Å². The Balaban J connectivity index is 1.34. The van der Waals surface area contributed by atoms with Crippen LogP contribution in [0.4, 0.5) is 35.1 Å². The minimum Gasteiger partial charge on any atom is -0.429 e. The van der Waals surface area contributed by atoms with Crippen LogP contribution in [0.15, 0.2) is 91.0 Å². The molecule has 0 fully saturated rings. The van der Waals surface area contributed by atoms with Gasteiger partial charge in [0.2, 0.25) is 0 Å². The second-order valence-electron chi connectivity index (χ2n) is 10.6. The fourth-order valence-electron chi connectivity index (χ4n) is 5.03. The van der Waals surface area contributed by atoms with Gasteiger partial charge >= 0.3 is 6.11 Å². The third kappa shape index (κ3) is 7.03. The van der Waals surface area contributed by atoms with E-state index in [1.807, 2.05) is 12.1 Å². The van der Waals surface area contributed by atoms with Gasteiger partial charge in [0.1, 0.15) is 34.6 Å². The maximum absolute atomic E-state index is 15.0. The van der Waals surface area contributed by atoms with E-state index in [1.54, 1.807) is 12.1 Å². The molecule has 0 aliphatic carbocycles. The van der Waals surface area contributed by atoms with Gasteiger partial charge in [-0.05, 0) is 83.1 Å². The molecule has 5 rings (SSSR count). The molecule has 0 radical (unpaired) electrons. The Bertz CT molecular complexity index is 1810. The third-order valence-corrected chi connectivity index (χ3v) is 7.39. The Morgan fingerprint density at radius 3 is 1.62 bits per heavy atom. The van der Waals surface area contributed by atoms with Gasteiger partial charge in [-0.2, -0.15) is 8.78 Å². The maximum atomic E-state index is 15.0. The quantitative estimate of drug-likeness (QED) is 0.111. The van der Waals surface area contributed by atoms with Gasteiger partial charge in [-0.1, -0.05) is 62.2 Å². The van der Waals surface area contributed by atoms with E-state index in [0.29, 0.717) is 11.6 Å². The SMILES string of the molecule is CCCCCc1ccc(-c2cc(F)c(C(F)(F)Oc3ccc(-c4ccc(-c5ccc(F)c(F)c5)c(F)c4)c(F)c3)c(F)c2)cc1. The van der Waals surface area contributed by atoms with Crippen molar-refractivity contribution in [2.24, 2.45) is 0 Å². The van der Waals surface area contributed by atoms with E-state index < -0.39 is 52.3 Å². The first-order valence-electron chi connectivity index (χ1n) is 14.2. The minimum atomic E-state index is -4.51. The summed E-state index contributed by atoms with van der Waals surface area (Å²) in [5.74, 6) is -8.06. The third-order valence-electron chi connectivity index (χ3n) is 7.39. The average Bonchev–Trinajstić information content (AvgIpc) is 2.98. The van der Waals surface area contributed by atoms with Gasteiger partial charge in [0.15, 0.2) is 11.6 Å². The van der Waals surface area contributed by atoms with Crippen molar-refractivity contribution >= 4 is 0 Å². The summed E-state index contributed by atoms with van der Waals surface area (Å²) >= 11 is 0. The van der Waals surface area contributed by atoms with E-state index >= 15 is 8.78 Å². The van der Waals surface area contributed by atoms with Crippen LogP contribution in [0.2, 0.25) is 0 Å². The van der Waals surface area contributed by atoms with Crippen LogP contribution in [0.25, 0.3) is 33.4 Å². The Hall–Kier alpha value is -4.66. The highest BCUT2D eigenvalue weighted by molar-refractivity contribution is 5.72. The molecule has 9 heteroatoms. The zero-order valence-electron chi connectivity index (χ0n) is 23.9. The van der Waals surface area contributed by atoms with Crippen molar-refractivity contribution in [3.63, 3.8) is 0 Å². The maximum Gasteiger partial charge on any atom is 0.432 e. The Kier molecular flexibility index (Phi) is 9.27. The number of aryl methyl sites for hydroxylation is 1. The van der Waals surface area contributed by atoms with Crippen molar-refractivity contribution in [2.75, 3.05) is 0 Å². The lowest BCUT2D eigenvalue weighted by Crippen LogP contribution is -2.25. The molecule has 45 heavy (non-hydrogen) atoms. The second kappa shape index (κ2) is 13.1. The highest BCUT2D eigenvalue weighted by Crippen LogP contribution is 2.38. The van der Waals surface area contributed by atoms with E-state index in [0.717, 1.165) is 73.7 Å². The highest BCUT2D eigenvalue weighted by atomic mass is 19.3. The zero-order chi connectivity index (χ0) is 32.3. The van der Waals surface area contributed by atoms with Crippen molar-refractivity contribution in [3.8, 4) is 39.1 Å². The van der Waals surface area contributed by atoms with Gasteiger partial charge < -0.3 is 4.74 Å². The molecule has 0 unspecified atom stereocenters. The number of hydrogen-bond donors (Lipinski definition) is 0. The first kappa shape index (κ1) is 31.8. The van der Waals surface area contributed by atoms with Crippen molar-refractivity contribution in [3.05, 3.63) is 137 Å². The monoisotopic (exact) mass is 626 g/mol. The van der Waals surface area contributed by atoms with Gasteiger partial charge in [-0.3, -0.25) is 0 Å². The molecule has 0 saturated heterocycles. The van der Waals surface area contributed by atoms with E-state index in [2.05, 4.69) is 11.7 Å². The first-order chi connectivity index (χ1) is 21.5. The molecular formula is C36H26F8O. The van der Waals surface area contributed by atoms with Gasteiger partial charge in [-0.25, -0.2) is 26.3 Å². The first-order valence-corrected chi connectivity index (χ1v) is 14.2. The molecule has 0 saturated carbocycles. The lowest BCUT2D eigenvalue weighted by Gasteiger charge is -2.20. The summed E-state index contributed by atoms with van der Waals surface area (Å²) < 4.78 is 121. The van der Waals surface area contributed by atoms with Crippen LogP contribution < -0.4 is 4.74 Å². The summed E-state index contributed by atoms with van der Waals surface area (Å²) in [6.45, 7) is 2.09. The predicted octanol–water partition coefficient (Wildman–Crippen LogP) is 11.4. The fourth-order valence-corrected chi connectivity index (χ4v) is 5.03. The standard InChI is InChI=1S/C36H26F8O/c1-2-3-4-5-21-6-8-22(9-7-21)25-18-33(41)35(34(42)19-25)36(43,44)45-26-12-14-28(31(39)20-26)23-10-13-27(30(38)16-23)24-11-15-29(37)32(40)17-24/h6-20H,2-5H2,1H3. The summed E-state index contributed by atoms with van der Waals surface area (Å²) in [4.78, 5) is 0. The predicted molar refractivity (Wildman–Crippen MR) is 157 cm³/mol. The second-order valence-corrected chi connectivity index (χ2v) is 10.6. The molecule has 0 atom stereocenters. The van der Waals surface area contributed by atoms with Crippen LogP contribution >= 0.6 is 0 Å². The summed E-state index contributed by atoms with van der Waals surface area (Å²) in [6.07, 6.45) is -0.515. The van der Waals surface area contributed by atoms with Crippen LogP contribution in [0.1, 0.15) is 37.3 Å². The molecule has 1 nitrogen and oxygen atoms in total. The molecule has 0 aliphatic heterocycles. The normalized spacial score (nSPS) is 11.6. The van der Waals surface area contributed by atoms with Gasteiger partial charge in [0, 0.05) is 17.2 Å². The smallest absolute Gasteiger partial charge is 0.429 e. The lowest BCUT2D eigenvalue weighted by atomic mass is 9.99. The molecule has 0 aromatic heterocycles. The number of unbranched alkanes of at least 4 members (excludes halogenated alkanes) is 2. The van der Waals surface area contributed by atoms with Crippen LogP contribution in [-0.2, 0) is 12.5 Å². The van der Waals surface area contributed by atoms with E-state index in [9.17, 15) is 26.3 Å². The Labute approximate surface area is 254 Å². The van der Waals surface area contributed by atoms with Crippen LogP contribution in [0, 0.1) is 34.9 Å². The Morgan fingerprint density at radius 2 is 1.04 bits per heavy atom. The van der Waals surface area contributed by atoms with Gasteiger partial charge in [0.05, 0.1) is 0 Å². The molecule has 5 aromatic rings. The van der Waals surface area contributed by atoms with E-state index in [-0.39, 0.29) is 27.8 Å². The molecule has 5 aromatic carbocycles. The topological polar surface area (TPSA) is 9.23 Å². The highest BCUT2D eigenvalue weighted by Gasteiger charge is 2.41. The molecule has 0 amide bonds. The number of alkyl halides is 2. The van der Waals surface area contributed by atoms with Crippen molar-refractivity contribution in [1.82, 2.24) is 0 Å². The number of benzene rings is 5. The fraction of sp³-hybridized carbons (Fsp3) is 0.167. The van der Waals surface area contributed by atoms with E-state index in [4.69, 9.17) is 0 Å². The van der Waals surface area contributed by atoms with Crippen LogP contribution in [-0.4, -0.2) is 0 Å². The van der Waals surface area contributed by atoms with Crippen LogP contribution in [0.3, 0.4) is 0 Å². The lowest BCUT2D eigenvalue weighted by molar-refractivity contribution is -0.189. The van der Waals surface area contributed by atoms with Gasteiger partial charge in [-0.15, -0.1) is 0 Å². The summed E-state index contributed by atoms with van der Waals surface area (Å²) in [7, 11) is 0. The number of ether oxygens (including phenoxy) is 1. The minimum absolute atomic E-state index is 0.0105. The zero-order valence-corrected chi connectivity index (χ0v) is 23.9. The average molecular weight is 627 g/mol.